The molecule has 2 heterocycles. The van der Waals surface area contributed by atoms with Crippen molar-refractivity contribution in [3.63, 3.8) is 0 Å². The van der Waals surface area contributed by atoms with Gasteiger partial charge in [0.25, 0.3) is 5.91 Å². The van der Waals surface area contributed by atoms with Crippen LogP contribution in [-0.2, 0) is 25.4 Å². The number of benzene rings is 2. The van der Waals surface area contributed by atoms with Crippen LogP contribution < -0.4 is 0 Å². The standard InChI is InChI=1S/C23H25N3O6S2/c1-33(29,30)16-23(28)9-13-26(14-10-23)22(27)18-7-5-17(6-8-18)15-34(31,32)20-4-2-3-19-21(20)25-12-11-24-19/h2-8,11-12,28H,9-10,13-16H2,1H3. The van der Waals surface area contributed by atoms with Crippen molar-refractivity contribution < 1.29 is 26.7 Å². The van der Waals surface area contributed by atoms with Crippen molar-refractivity contribution in [1.82, 2.24) is 14.9 Å². The van der Waals surface area contributed by atoms with Crippen LogP contribution in [-0.4, -0.2) is 73.4 Å². The van der Waals surface area contributed by atoms with Crippen LogP contribution in [0.3, 0.4) is 0 Å². The summed E-state index contributed by atoms with van der Waals surface area (Å²) in [6.45, 7) is 0.478. The first-order chi connectivity index (χ1) is 16.0. The molecule has 1 amide bonds. The second-order valence-electron chi connectivity index (χ2n) is 8.72. The topological polar surface area (TPSA) is 135 Å². The molecule has 0 saturated carbocycles. The number of hydrogen-bond acceptors (Lipinski definition) is 8. The molecule has 4 rings (SSSR count). The molecule has 0 bridgehead atoms. The summed E-state index contributed by atoms with van der Waals surface area (Å²) in [6.07, 6.45) is 4.39. The van der Waals surface area contributed by atoms with Gasteiger partial charge in [0.1, 0.15) is 15.4 Å². The van der Waals surface area contributed by atoms with Crippen LogP contribution in [0.1, 0.15) is 28.8 Å². The van der Waals surface area contributed by atoms with E-state index in [-0.39, 0.29) is 48.2 Å². The van der Waals surface area contributed by atoms with E-state index in [2.05, 4.69) is 9.97 Å². The number of para-hydroxylation sites is 1. The zero-order valence-corrected chi connectivity index (χ0v) is 20.2. The Balaban J connectivity index is 1.45. The van der Waals surface area contributed by atoms with Crippen molar-refractivity contribution in [2.75, 3.05) is 25.1 Å². The van der Waals surface area contributed by atoms with Crippen molar-refractivity contribution in [3.8, 4) is 0 Å². The van der Waals surface area contributed by atoms with Crippen molar-refractivity contribution >= 4 is 36.6 Å². The van der Waals surface area contributed by atoms with Gasteiger partial charge in [0.05, 0.1) is 27.5 Å². The molecule has 0 spiro atoms. The Kier molecular flexibility index (Phi) is 6.45. The Labute approximate surface area is 198 Å². The molecule has 1 N–H and O–H groups in total. The third kappa shape index (κ3) is 5.43. The lowest BCUT2D eigenvalue weighted by molar-refractivity contribution is 0.000598. The number of fused-ring (bicyclic) bond motifs is 1. The fourth-order valence-electron chi connectivity index (χ4n) is 4.20. The molecule has 0 unspecified atom stereocenters. The number of rotatable bonds is 6. The van der Waals surface area contributed by atoms with Crippen molar-refractivity contribution in [2.24, 2.45) is 0 Å². The van der Waals surface area contributed by atoms with Gasteiger partial charge in [-0.1, -0.05) is 18.2 Å². The van der Waals surface area contributed by atoms with E-state index >= 15 is 0 Å². The van der Waals surface area contributed by atoms with Crippen LogP contribution >= 0.6 is 0 Å². The van der Waals surface area contributed by atoms with Gasteiger partial charge in [0, 0.05) is 37.3 Å². The van der Waals surface area contributed by atoms with E-state index < -0.39 is 25.3 Å². The average molecular weight is 504 g/mol. The van der Waals surface area contributed by atoms with Gasteiger partial charge in [0.15, 0.2) is 9.84 Å². The van der Waals surface area contributed by atoms with E-state index in [9.17, 15) is 26.7 Å². The van der Waals surface area contributed by atoms with E-state index in [0.717, 1.165) is 6.26 Å². The third-order valence-corrected chi connectivity index (χ3v) is 8.64. The first kappa shape index (κ1) is 24.2. The van der Waals surface area contributed by atoms with Crippen LogP contribution in [0.4, 0.5) is 0 Å². The van der Waals surface area contributed by atoms with Gasteiger partial charge in [-0.3, -0.25) is 14.8 Å². The Morgan fingerprint density at radius 1 is 1.00 bits per heavy atom. The molecule has 1 aromatic heterocycles. The molecule has 2 aromatic carbocycles. The largest absolute Gasteiger partial charge is 0.389 e. The van der Waals surface area contributed by atoms with E-state index in [4.69, 9.17) is 0 Å². The van der Waals surface area contributed by atoms with Gasteiger partial charge in [-0.2, -0.15) is 0 Å². The van der Waals surface area contributed by atoms with Gasteiger partial charge < -0.3 is 10.0 Å². The number of carbonyl (C=O) groups is 1. The highest BCUT2D eigenvalue weighted by molar-refractivity contribution is 7.91. The maximum absolute atomic E-state index is 13.0. The molecule has 11 heteroatoms. The van der Waals surface area contributed by atoms with E-state index in [1.54, 1.807) is 41.3 Å². The quantitative estimate of drug-likeness (QED) is 0.536. The number of likely N-dealkylation sites (tertiary alicyclic amines) is 1. The predicted molar refractivity (Wildman–Crippen MR) is 127 cm³/mol. The normalized spacial score (nSPS) is 16.5. The number of hydrogen-bond donors (Lipinski definition) is 1. The average Bonchev–Trinajstić information content (AvgIpc) is 2.77. The van der Waals surface area contributed by atoms with Crippen molar-refractivity contribution in [3.05, 3.63) is 66.0 Å². The molecule has 9 nitrogen and oxygen atoms in total. The summed E-state index contributed by atoms with van der Waals surface area (Å²) in [5, 5.41) is 10.5. The molecule has 0 aliphatic carbocycles. The summed E-state index contributed by atoms with van der Waals surface area (Å²) in [4.78, 5) is 22.8. The SMILES string of the molecule is CS(=O)(=O)CC1(O)CCN(C(=O)c2ccc(CS(=O)(=O)c3cccc4nccnc34)cc2)CC1. The summed E-state index contributed by atoms with van der Waals surface area (Å²) < 4.78 is 49.1. The van der Waals surface area contributed by atoms with E-state index in [1.807, 2.05) is 0 Å². The maximum atomic E-state index is 13.0. The van der Waals surface area contributed by atoms with Crippen molar-refractivity contribution in [1.29, 1.82) is 0 Å². The van der Waals surface area contributed by atoms with Crippen LogP contribution in [0, 0.1) is 0 Å². The maximum Gasteiger partial charge on any atom is 0.253 e. The molecular weight excluding hydrogens is 478 g/mol. The third-order valence-electron chi connectivity index (χ3n) is 5.87. The van der Waals surface area contributed by atoms with E-state index in [0.29, 0.717) is 22.2 Å². The number of carbonyl (C=O) groups excluding carboxylic acids is 1. The Morgan fingerprint density at radius 3 is 2.29 bits per heavy atom. The summed E-state index contributed by atoms with van der Waals surface area (Å²) in [6, 6.07) is 11.2. The summed E-state index contributed by atoms with van der Waals surface area (Å²) >= 11 is 0. The number of piperidine rings is 1. The predicted octanol–water partition coefficient (Wildman–Crippen LogP) is 1.62. The highest BCUT2D eigenvalue weighted by Gasteiger charge is 2.36. The van der Waals surface area contributed by atoms with Gasteiger partial charge in [-0.05, 0) is 42.7 Å². The molecular formula is C23H25N3O6S2. The van der Waals surface area contributed by atoms with Crippen LogP contribution in [0.2, 0.25) is 0 Å². The second-order valence-corrected chi connectivity index (χ2v) is 12.8. The molecule has 0 radical (unpaired) electrons. The Hall–Kier alpha value is -2.89. The smallest absolute Gasteiger partial charge is 0.253 e. The number of nitrogens with zero attached hydrogens (tertiary/aromatic N) is 3. The van der Waals surface area contributed by atoms with Crippen LogP contribution in [0.25, 0.3) is 11.0 Å². The fourth-order valence-corrected chi connectivity index (χ4v) is 6.99. The molecule has 34 heavy (non-hydrogen) atoms. The van der Waals surface area contributed by atoms with Crippen molar-refractivity contribution in [2.45, 2.75) is 29.1 Å². The molecule has 1 aliphatic rings. The summed E-state index contributed by atoms with van der Waals surface area (Å²) in [7, 11) is -7.03. The Bertz CT molecular complexity index is 1420. The molecule has 180 valence electrons. The van der Waals surface area contributed by atoms with Gasteiger partial charge in [0.2, 0.25) is 0 Å². The lowest BCUT2D eigenvalue weighted by Crippen LogP contribution is -2.49. The molecule has 1 aliphatic heterocycles. The fraction of sp³-hybridized carbons (Fsp3) is 0.348. The zero-order valence-electron chi connectivity index (χ0n) is 18.6. The minimum Gasteiger partial charge on any atom is -0.389 e. The van der Waals surface area contributed by atoms with Gasteiger partial charge in [-0.25, -0.2) is 16.8 Å². The molecule has 1 fully saturated rings. The molecule has 3 aromatic rings. The summed E-state index contributed by atoms with van der Waals surface area (Å²) in [5.74, 6) is -0.826. The molecule has 1 saturated heterocycles. The first-order valence-corrected chi connectivity index (χ1v) is 14.4. The second kappa shape index (κ2) is 9.05. The highest BCUT2D eigenvalue weighted by Crippen LogP contribution is 2.26. The van der Waals surface area contributed by atoms with Crippen LogP contribution in [0.5, 0.6) is 0 Å². The monoisotopic (exact) mass is 503 g/mol. The number of aliphatic hydroxyl groups is 1. The van der Waals surface area contributed by atoms with Gasteiger partial charge >= 0.3 is 0 Å². The van der Waals surface area contributed by atoms with Gasteiger partial charge in [-0.15, -0.1) is 0 Å². The lowest BCUT2D eigenvalue weighted by Gasteiger charge is -2.37. The number of aromatic nitrogens is 2. The molecule has 0 atom stereocenters. The minimum atomic E-state index is -3.70. The Morgan fingerprint density at radius 2 is 1.65 bits per heavy atom. The first-order valence-electron chi connectivity index (χ1n) is 10.7. The van der Waals surface area contributed by atoms with Crippen LogP contribution in [0.15, 0.2) is 59.8 Å². The number of amides is 1. The lowest BCUT2D eigenvalue weighted by atomic mass is 9.93. The minimum absolute atomic E-state index is 0.105. The highest BCUT2D eigenvalue weighted by atomic mass is 32.2. The van der Waals surface area contributed by atoms with E-state index in [1.165, 1.54) is 18.5 Å². The number of sulfone groups is 2. The zero-order chi connectivity index (χ0) is 24.6. The summed E-state index contributed by atoms with van der Waals surface area (Å²) in [5.41, 5.74) is 0.408.